The second kappa shape index (κ2) is 6.04. The summed E-state index contributed by atoms with van der Waals surface area (Å²) in [6.07, 6.45) is 1.62. The largest absolute Gasteiger partial charge is 0.439 e. The first kappa shape index (κ1) is 14.5. The van der Waals surface area contributed by atoms with Crippen LogP contribution in [-0.2, 0) is 0 Å². The highest BCUT2D eigenvalue weighted by atomic mass is 16.5. The van der Waals surface area contributed by atoms with Gasteiger partial charge in [0.15, 0.2) is 0 Å². The van der Waals surface area contributed by atoms with Gasteiger partial charge in [-0.05, 0) is 25.5 Å². The zero-order chi connectivity index (χ0) is 15.4. The van der Waals surface area contributed by atoms with E-state index in [-0.39, 0.29) is 5.82 Å². The third kappa shape index (κ3) is 3.79. The van der Waals surface area contributed by atoms with Crippen molar-refractivity contribution in [2.24, 2.45) is 10.7 Å². The van der Waals surface area contributed by atoms with Crippen LogP contribution in [0, 0.1) is 6.92 Å². The number of hydrogen-bond donors (Lipinski definition) is 2. The molecule has 3 N–H and O–H groups in total. The fraction of sp³-hybridized carbons (Fsp3) is 0.133. The molecule has 0 unspecified atom stereocenters. The van der Waals surface area contributed by atoms with Crippen LogP contribution in [-0.4, -0.2) is 15.9 Å². The Hall–Kier alpha value is -2.89. The molecule has 0 fully saturated rings. The number of aliphatic imine (C=N–C) groups is 1. The molecule has 1 aromatic heterocycles. The van der Waals surface area contributed by atoms with Crippen molar-refractivity contribution in [3.63, 3.8) is 0 Å². The number of allylic oxidation sites excluding steroid dienone is 2. The quantitative estimate of drug-likeness (QED) is 0.839. The first-order chi connectivity index (χ1) is 9.95. The maximum Gasteiger partial charge on any atom is 0.439 e. The third-order valence-corrected chi connectivity index (χ3v) is 2.67. The van der Waals surface area contributed by atoms with Crippen LogP contribution in [0.2, 0.25) is 0 Å². The molecular weight excluding hydrogens is 268 g/mol. The van der Waals surface area contributed by atoms with E-state index in [9.17, 15) is 4.79 Å². The number of benzene rings is 1. The van der Waals surface area contributed by atoms with Gasteiger partial charge in [-0.25, -0.2) is 4.79 Å². The van der Waals surface area contributed by atoms with Crippen molar-refractivity contribution in [2.75, 3.05) is 0 Å². The molecule has 0 aliphatic heterocycles. The van der Waals surface area contributed by atoms with Gasteiger partial charge in [-0.1, -0.05) is 41.6 Å². The van der Waals surface area contributed by atoms with E-state index in [0.29, 0.717) is 17.1 Å². The SMILES string of the molecule is C=C(C)N=C(/C=C(\N)c1ccc(C)cc1)c1noc(=O)[nH]1. The van der Waals surface area contributed by atoms with E-state index < -0.39 is 5.76 Å². The minimum atomic E-state index is -0.651. The van der Waals surface area contributed by atoms with Gasteiger partial charge in [0.25, 0.3) is 0 Å². The third-order valence-electron chi connectivity index (χ3n) is 2.67. The Bertz CT molecular complexity index is 763. The van der Waals surface area contributed by atoms with Crippen LogP contribution in [0.25, 0.3) is 5.70 Å². The highest BCUT2D eigenvalue weighted by Crippen LogP contribution is 2.12. The van der Waals surface area contributed by atoms with Crippen molar-refractivity contribution < 1.29 is 4.52 Å². The fourth-order valence-corrected chi connectivity index (χ4v) is 1.68. The maximum absolute atomic E-state index is 11.1. The van der Waals surface area contributed by atoms with Crippen molar-refractivity contribution in [3.05, 3.63) is 70.1 Å². The predicted molar refractivity (Wildman–Crippen MR) is 81.8 cm³/mol. The van der Waals surface area contributed by atoms with E-state index in [0.717, 1.165) is 11.1 Å². The predicted octanol–water partition coefficient (Wildman–Crippen LogP) is 1.99. The van der Waals surface area contributed by atoms with Gasteiger partial charge in [-0.2, -0.15) is 0 Å². The molecule has 0 amide bonds. The lowest BCUT2D eigenvalue weighted by atomic mass is 10.1. The number of nitrogens with one attached hydrogen (secondary N) is 1. The number of nitrogens with zero attached hydrogens (tertiary/aromatic N) is 2. The number of rotatable bonds is 4. The average Bonchev–Trinajstić information content (AvgIpc) is 2.85. The lowest BCUT2D eigenvalue weighted by Crippen LogP contribution is -2.07. The van der Waals surface area contributed by atoms with Crippen LogP contribution in [0.5, 0.6) is 0 Å². The number of H-pyrrole nitrogens is 1. The summed E-state index contributed by atoms with van der Waals surface area (Å²) in [6.45, 7) is 7.44. The van der Waals surface area contributed by atoms with E-state index in [4.69, 9.17) is 5.73 Å². The Morgan fingerprint density at radius 1 is 1.43 bits per heavy atom. The number of hydrogen-bond acceptors (Lipinski definition) is 5. The van der Waals surface area contributed by atoms with Gasteiger partial charge in [0, 0.05) is 11.4 Å². The van der Waals surface area contributed by atoms with Crippen molar-refractivity contribution in [1.29, 1.82) is 0 Å². The van der Waals surface area contributed by atoms with Crippen LogP contribution in [0.3, 0.4) is 0 Å². The van der Waals surface area contributed by atoms with E-state index in [1.165, 1.54) is 0 Å². The molecule has 0 saturated heterocycles. The van der Waals surface area contributed by atoms with Crippen molar-refractivity contribution in [2.45, 2.75) is 13.8 Å². The highest BCUT2D eigenvalue weighted by molar-refractivity contribution is 6.10. The van der Waals surface area contributed by atoms with Crippen LogP contribution in [0.15, 0.2) is 56.9 Å². The number of aromatic amines is 1. The standard InChI is InChI=1S/C15H16N4O2/c1-9(2)17-13(14-18-15(20)21-19-14)8-12(16)11-6-4-10(3)5-7-11/h4-8H,1,16H2,2-3H3,(H,18,19,20)/b12-8-,17-13?. The molecule has 108 valence electrons. The lowest BCUT2D eigenvalue weighted by molar-refractivity contribution is 0.385. The first-order valence-electron chi connectivity index (χ1n) is 6.30. The van der Waals surface area contributed by atoms with Gasteiger partial charge in [-0.15, -0.1) is 0 Å². The number of aryl methyl sites for hydroxylation is 1. The Kier molecular flexibility index (Phi) is 4.18. The minimum Gasteiger partial charge on any atom is -0.398 e. The van der Waals surface area contributed by atoms with Crippen LogP contribution >= 0.6 is 0 Å². The molecular formula is C15H16N4O2. The first-order valence-corrected chi connectivity index (χ1v) is 6.30. The van der Waals surface area contributed by atoms with Crippen LogP contribution in [0.1, 0.15) is 23.9 Å². The smallest absolute Gasteiger partial charge is 0.398 e. The molecule has 0 atom stereocenters. The summed E-state index contributed by atoms with van der Waals surface area (Å²) in [5.74, 6) is -0.445. The van der Waals surface area contributed by atoms with Crippen molar-refractivity contribution >= 4 is 11.4 Å². The molecule has 1 heterocycles. The van der Waals surface area contributed by atoms with Crippen molar-refractivity contribution in [3.8, 4) is 0 Å². The second-order valence-electron chi connectivity index (χ2n) is 4.64. The molecule has 0 bridgehead atoms. The van der Waals surface area contributed by atoms with Gasteiger partial charge in [0.1, 0.15) is 5.71 Å². The second-order valence-corrected chi connectivity index (χ2v) is 4.64. The summed E-state index contributed by atoms with van der Waals surface area (Å²) in [7, 11) is 0. The molecule has 6 nitrogen and oxygen atoms in total. The van der Waals surface area contributed by atoms with E-state index >= 15 is 0 Å². The highest BCUT2D eigenvalue weighted by Gasteiger charge is 2.09. The summed E-state index contributed by atoms with van der Waals surface area (Å²) in [5, 5.41) is 3.61. The van der Waals surface area contributed by atoms with Crippen LogP contribution < -0.4 is 11.5 Å². The van der Waals surface area contributed by atoms with E-state index in [1.807, 2.05) is 31.2 Å². The number of nitrogens with two attached hydrogens (primary N) is 1. The normalized spacial score (nSPS) is 12.5. The molecule has 2 aromatic rings. The molecule has 6 heteroatoms. The maximum atomic E-state index is 11.1. The van der Waals surface area contributed by atoms with E-state index in [2.05, 4.69) is 26.2 Å². The fourth-order valence-electron chi connectivity index (χ4n) is 1.68. The molecule has 2 rings (SSSR count). The van der Waals surface area contributed by atoms with Crippen molar-refractivity contribution in [1.82, 2.24) is 10.1 Å². The Morgan fingerprint density at radius 3 is 2.62 bits per heavy atom. The molecule has 0 saturated carbocycles. The summed E-state index contributed by atoms with van der Waals surface area (Å²) >= 11 is 0. The number of aromatic nitrogens is 2. The monoisotopic (exact) mass is 284 g/mol. The Balaban J connectivity index is 2.43. The van der Waals surface area contributed by atoms with E-state index in [1.54, 1.807) is 13.0 Å². The summed E-state index contributed by atoms with van der Waals surface area (Å²) in [6, 6.07) is 7.74. The summed E-state index contributed by atoms with van der Waals surface area (Å²) < 4.78 is 4.49. The zero-order valence-electron chi connectivity index (χ0n) is 11.9. The lowest BCUT2D eigenvalue weighted by Gasteiger charge is -2.03. The molecule has 1 aromatic carbocycles. The van der Waals surface area contributed by atoms with Gasteiger partial charge in [-0.3, -0.25) is 14.5 Å². The van der Waals surface area contributed by atoms with Gasteiger partial charge in [0.05, 0.1) is 0 Å². The van der Waals surface area contributed by atoms with Gasteiger partial charge >= 0.3 is 5.76 Å². The molecule has 0 aliphatic rings. The van der Waals surface area contributed by atoms with Gasteiger partial charge < -0.3 is 5.73 Å². The minimum absolute atomic E-state index is 0.207. The summed E-state index contributed by atoms with van der Waals surface area (Å²) in [5.41, 5.74) is 9.49. The summed E-state index contributed by atoms with van der Waals surface area (Å²) in [4.78, 5) is 17.7. The Morgan fingerprint density at radius 2 is 2.10 bits per heavy atom. The molecule has 21 heavy (non-hydrogen) atoms. The zero-order valence-corrected chi connectivity index (χ0v) is 11.9. The molecule has 0 aliphatic carbocycles. The molecule has 0 spiro atoms. The van der Waals surface area contributed by atoms with Crippen LogP contribution in [0.4, 0.5) is 0 Å². The average molecular weight is 284 g/mol. The topological polar surface area (TPSA) is 97.3 Å². The van der Waals surface area contributed by atoms with Gasteiger partial charge in [0.2, 0.25) is 5.82 Å². The Labute approximate surface area is 121 Å². The molecule has 0 radical (unpaired) electrons.